The number of carbonyl (C=O) groups excluding carboxylic acids is 1. The third kappa shape index (κ3) is 2.47. The Morgan fingerprint density at radius 3 is 2.75 bits per heavy atom. The summed E-state index contributed by atoms with van der Waals surface area (Å²) in [4.78, 5) is 24.6. The van der Waals surface area contributed by atoms with Gasteiger partial charge in [0.15, 0.2) is 0 Å². The largest absolute Gasteiger partial charge is 0.456 e. The smallest absolute Gasteiger partial charge is 0.303 e. The Morgan fingerprint density at radius 2 is 2.05 bits per heavy atom. The average Bonchev–Trinajstić information content (AvgIpc) is 2.82. The molecule has 0 bridgehead atoms. The molecular weight excluding hydrogens is 256 g/mol. The topological polar surface area (TPSA) is 58.6 Å². The Labute approximate surface area is 118 Å². The van der Waals surface area contributed by atoms with Gasteiger partial charge in [-0.3, -0.25) is 4.79 Å². The molecule has 1 atom stereocenters. The quantitative estimate of drug-likeness (QED) is 0.744. The van der Waals surface area contributed by atoms with E-state index in [1.54, 1.807) is 6.33 Å². The van der Waals surface area contributed by atoms with Crippen LogP contribution in [-0.2, 0) is 16.0 Å². The van der Waals surface area contributed by atoms with Crippen LogP contribution in [0.5, 0.6) is 0 Å². The number of aromatic nitrogens is 2. The lowest BCUT2D eigenvalue weighted by Gasteiger charge is -2.34. The number of hydrogen-bond donors (Lipinski definition) is 0. The molecular formula is C14H20N4O2. The van der Waals surface area contributed by atoms with Crippen LogP contribution in [0.3, 0.4) is 0 Å². The molecule has 0 saturated carbocycles. The summed E-state index contributed by atoms with van der Waals surface area (Å²) in [7, 11) is 2.14. The van der Waals surface area contributed by atoms with Crippen LogP contribution in [-0.4, -0.2) is 54.1 Å². The van der Waals surface area contributed by atoms with Crippen LogP contribution in [0.1, 0.15) is 30.7 Å². The summed E-state index contributed by atoms with van der Waals surface area (Å²) < 4.78 is 5.34. The first-order valence-corrected chi connectivity index (χ1v) is 7.09. The van der Waals surface area contributed by atoms with Crippen LogP contribution in [0.15, 0.2) is 6.33 Å². The van der Waals surface area contributed by atoms with Gasteiger partial charge in [-0.2, -0.15) is 0 Å². The SMILES string of the molecule is CC(=O)OC1CCc2c1ncnc2N1CCN(C)CC1. The maximum absolute atomic E-state index is 11.2. The molecule has 1 aromatic heterocycles. The van der Waals surface area contributed by atoms with Gasteiger partial charge in [0, 0.05) is 38.7 Å². The van der Waals surface area contributed by atoms with Crippen molar-refractivity contribution in [2.75, 3.05) is 38.1 Å². The van der Waals surface area contributed by atoms with E-state index in [0.717, 1.165) is 56.1 Å². The van der Waals surface area contributed by atoms with Crippen LogP contribution in [0.2, 0.25) is 0 Å². The number of fused-ring (bicyclic) bond motifs is 1. The Bertz CT molecular complexity index is 512. The van der Waals surface area contributed by atoms with Crippen LogP contribution < -0.4 is 4.90 Å². The van der Waals surface area contributed by atoms with E-state index in [2.05, 4.69) is 26.8 Å². The number of anilines is 1. The molecule has 2 aliphatic rings. The van der Waals surface area contributed by atoms with Gasteiger partial charge in [-0.05, 0) is 19.9 Å². The van der Waals surface area contributed by atoms with Crippen LogP contribution >= 0.6 is 0 Å². The molecule has 1 fully saturated rings. The van der Waals surface area contributed by atoms with E-state index in [0.29, 0.717) is 0 Å². The van der Waals surface area contributed by atoms with Crippen molar-refractivity contribution in [2.45, 2.75) is 25.9 Å². The van der Waals surface area contributed by atoms with Crippen molar-refractivity contribution < 1.29 is 9.53 Å². The van der Waals surface area contributed by atoms with Crippen molar-refractivity contribution >= 4 is 11.8 Å². The number of likely N-dealkylation sites (N-methyl/N-ethyl adjacent to an activating group) is 1. The third-order valence-corrected chi connectivity index (χ3v) is 4.03. The number of esters is 1. The lowest BCUT2D eigenvalue weighted by Crippen LogP contribution is -2.45. The Balaban J connectivity index is 1.84. The van der Waals surface area contributed by atoms with Gasteiger partial charge >= 0.3 is 5.97 Å². The van der Waals surface area contributed by atoms with Crippen molar-refractivity contribution in [1.82, 2.24) is 14.9 Å². The Hall–Kier alpha value is -1.69. The first-order valence-electron chi connectivity index (χ1n) is 7.09. The standard InChI is InChI=1S/C14H20N4O2/c1-10(19)20-12-4-3-11-13(12)15-9-16-14(11)18-7-5-17(2)6-8-18/h9,12H,3-8H2,1-2H3. The number of carbonyl (C=O) groups is 1. The zero-order chi connectivity index (χ0) is 14.1. The monoisotopic (exact) mass is 276 g/mol. The van der Waals surface area contributed by atoms with Gasteiger partial charge in [-0.15, -0.1) is 0 Å². The highest BCUT2D eigenvalue weighted by molar-refractivity contribution is 5.66. The lowest BCUT2D eigenvalue weighted by atomic mass is 10.2. The molecule has 3 rings (SSSR count). The van der Waals surface area contributed by atoms with Gasteiger partial charge in [0.25, 0.3) is 0 Å². The molecule has 6 heteroatoms. The molecule has 20 heavy (non-hydrogen) atoms. The number of nitrogens with zero attached hydrogens (tertiary/aromatic N) is 4. The molecule has 1 saturated heterocycles. The average molecular weight is 276 g/mol. The summed E-state index contributed by atoms with van der Waals surface area (Å²) in [5.74, 6) is 0.778. The Morgan fingerprint density at radius 1 is 1.30 bits per heavy atom. The molecule has 0 amide bonds. The molecule has 2 heterocycles. The molecule has 6 nitrogen and oxygen atoms in total. The molecule has 0 radical (unpaired) electrons. The fourth-order valence-electron chi connectivity index (χ4n) is 2.95. The zero-order valence-corrected chi connectivity index (χ0v) is 12.0. The molecule has 1 aliphatic heterocycles. The molecule has 1 aromatic rings. The van der Waals surface area contributed by atoms with Gasteiger partial charge in [0.1, 0.15) is 18.2 Å². The molecule has 0 aromatic carbocycles. The number of rotatable bonds is 2. The fourth-order valence-corrected chi connectivity index (χ4v) is 2.95. The van der Waals surface area contributed by atoms with Crippen LogP contribution in [0.25, 0.3) is 0 Å². The minimum absolute atomic E-state index is 0.197. The zero-order valence-electron chi connectivity index (χ0n) is 12.0. The third-order valence-electron chi connectivity index (χ3n) is 4.03. The maximum atomic E-state index is 11.2. The normalized spacial score (nSPS) is 22.7. The predicted molar refractivity (Wildman–Crippen MR) is 74.6 cm³/mol. The number of hydrogen-bond acceptors (Lipinski definition) is 6. The second-order valence-electron chi connectivity index (χ2n) is 5.49. The van der Waals surface area contributed by atoms with E-state index in [4.69, 9.17) is 4.74 Å². The lowest BCUT2D eigenvalue weighted by molar-refractivity contribution is -0.146. The minimum Gasteiger partial charge on any atom is -0.456 e. The second kappa shape index (κ2) is 5.36. The highest BCUT2D eigenvalue weighted by atomic mass is 16.5. The summed E-state index contributed by atoms with van der Waals surface area (Å²) in [6.45, 7) is 5.51. The van der Waals surface area contributed by atoms with E-state index in [9.17, 15) is 4.79 Å². The van der Waals surface area contributed by atoms with Crippen molar-refractivity contribution in [1.29, 1.82) is 0 Å². The van der Waals surface area contributed by atoms with E-state index >= 15 is 0 Å². The van der Waals surface area contributed by atoms with Gasteiger partial charge in [-0.1, -0.05) is 0 Å². The van der Waals surface area contributed by atoms with Gasteiger partial charge in [-0.25, -0.2) is 9.97 Å². The first-order chi connectivity index (χ1) is 9.65. The van der Waals surface area contributed by atoms with Crippen LogP contribution in [0.4, 0.5) is 5.82 Å². The van der Waals surface area contributed by atoms with E-state index < -0.39 is 0 Å². The highest BCUT2D eigenvalue weighted by Gasteiger charge is 2.31. The van der Waals surface area contributed by atoms with Crippen molar-refractivity contribution in [3.63, 3.8) is 0 Å². The van der Waals surface area contributed by atoms with E-state index in [1.165, 1.54) is 6.92 Å². The minimum atomic E-state index is -0.248. The maximum Gasteiger partial charge on any atom is 0.303 e. The van der Waals surface area contributed by atoms with Gasteiger partial charge in [0.05, 0.1) is 5.69 Å². The molecule has 0 N–H and O–H groups in total. The van der Waals surface area contributed by atoms with E-state index in [1.807, 2.05) is 0 Å². The predicted octanol–water partition coefficient (Wildman–Crippen LogP) is 0.779. The van der Waals surface area contributed by atoms with Crippen molar-refractivity contribution in [2.24, 2.45) is 0 Å². The van der Waals surface area contributed by atoms with Gasteiger partial charge in [0.2, 0.25) is 0 Å². The first kappa shape index (κ1) is 13.3. The number of piperazine rings is 1. The van der Waals surface area contributed by atoms with Crippen molar-refractivity contribution in [3.05, 3.63) is 17.6 Å². The molecule has 108 valence electrons. The van der Waals surface area contributed by atoms with Gasteiger partial charge < -0.3 is 14.5 Å². The number of ether oxygens (including phenoxy) is 1. The molecule has 1 unspecified atom stereocenters. The highest BCUT2D eigenvalue weighted by Crippen LogP contribution is 2.36. The summed E-state index contributed by atoms with van der Waals surface area (Å²) in [6, 6.07) is 0. The van der Waals surface area contributed by atoms with E-state index in [-0.39, 0.29) is 12.1 Å². The Kier molecular flexibility index (Phi) is 3.56. The summed E-state index contributed by atoms with van der Waals surface area (Å²) in [6.07, 6.45) is 3.09. The molecule has 0 spiro atoms. The van der Waals surface area contributed by atoms with Crippen molar-refractivity contribution in [3.8, 4) is 0 Å². The summed E-state index contributed by atoms with van der Waals surface area (Å²) in [5.41, 5.74) is 2.05. The summed E-state index contributed by atoms with van der Waals surface area (Å²) >= 11 is 0. The van der Waals surface area contributed by atoms with Crippen LogP contribution in [0, 0.1) is 0 Å². The fraction of sp³-hybridized carbons (Fsp3) is 0.643. The molecule has 1 aliphatic carbocycles. The second-order valence-corrected chi connectivity index (χ2v) is 5.49. The summed E-state index contributed by atoms with van der Waals surface area (Å²) in [5, 5.41) is 0.